The van der Waals surface area contributed by atoms with Crippen LogP contribution in [0.3, 0.4) is 0 Å². The maximum Gasteiger partial charge on any atom is 0.339 e. The molecule has 0 radical (unpaired) electrons. The Balaban J connectivity index is 2.38. The van der Waals surface area contributed by atoms with E-state index in [0.29, 0.717) is 5.75 Å². The molecule has 94 valence electrons. The number of benzene rings is 1. The second-order valence-corrected chi connectivity index (χ2v) is 3.90. The lowest BCUT2D eigenvalue weighted by atomic mass is 10.1. The van der Waals surface area contributed by atoms with Crippen molar-refractivity contribution < 1.29 is 14.6 Å². The molecular weight excluding hydrogens is 244 g/mol. The summed E-state index contributed by atoms with van der Waals surface area (Å²) in [5, 5.41) is 17.9. The van der Waals surface area contributed by atoms with Crippen LogP contribution in [0, 0.1) is 18.3 Å². The van der Waals surface area contributed by atoms with Gasteiger partial charge in [0.2, 0.25) is 0 Å². The third-order valence-electron chi connectivity index (χ3n) is 2.44. The van der Waals surface area contributed by atoms with Crippen molar-refractivity contribution >= 4 is 5.97 Å². The van der Waals surface area contributed by atoms with Crippen LogP contribution in [0.1, 0.15) is 21.6 Å². The molecule has 0 aliphatic carbocycles. The molecule has 1 heterocycles. The molecule has 0 spiro atoms. The van der Waals surface area contributed by atoms with Gasteiger partial charge in [0.15, 0.2) is 0 Å². The molecule has 1 N–H and O–H groups in total. The van der Waals surface area contributed by atoms with Crippen LogP contribution < -0.4 is 4.74 Å². The van der Waals surface area contributed by atoms with E-state index in [9.17, 15) is 4.79 Å². The summed E-state index contributed by atoms with van der Waals surface area (Å²) in [5.74, 6) is -0.459. The zero-order valence-electron chi connectivity index (χ0n) is 10.1. The van der Waals surface area contributed by atoms with E-state index in [1.54, 1.807) is 25.1 Å². The summed E-state index contributed by atoms with van der Waals surface area (Å²) >= 11 is 0. The Labute approximate surface area is 109 Å². The minimum atomic E-state index is -1.06. The van der Waals surface area contributed by atoms with Crippen LogP contribution in [0.25, 0.3) is 0 Å². The van der Waals surface area contributed by atoms with Gasteiger partial charge in [-0.2, -0.15) is 5.26 Å². The van der Waals surface area contributed by atoms with Gasteiger partial charge >= 0.3 is 5.97 Å². The Kier molecular flexibility index (Phi) is 3.44. The van der Waals surface area contributed by atoms with Gasteiger partial charge in [0.25, 0.3) is 0 Å². The fourth-order valence-corrected chi connectivity index (χ4v) is 1.56. The number of nitriles is 1. The highest BCUT2D eigenvalue weighted by Gasteiger charge is 2.12. The molecule has 0 fully saturated rings. The van der Waals surface area contributed by atoms with Gasteiger partial charge in [-0.25, -0.2) is 9.78 Å². The predicted octanol–water partition coefficient (Wildman–Crippen LogP) is 2.75. The van der Waals surface area contributed by atoms with E-state index in [-0.39, 0.29) is 17.0 Å². The fraction of sp³-hybridized carbons (Fsp3) is 0.0714. The summed E-state index contributed by atoms with van der Waals surface area (Å²) in [6.45, 7) is 1.80. The minimum absolute atomic E-state index is 0.0790. The zero-order valence-corrected chi connectivity index (χ0v) is 10.1. The largest absolute Gasteiger partial charge is 0.478 e. The Morgan fingerprint density at radius 3 is 2.84 bits per heavy atom. The van der Waals surface area contributed by atoms with Crippen molar-refractivity contribution in [3.63, 3.8) is 0 Å². The summed E-state index contributed by atoms with van der Waals surface area (Å²) < 4.78 is 5.50. The molecule has 0 bridgehead atoms. The Hall–Kier alpha value is -2.87. The Morgan fingerprint density at radius 2 is 2.16 bits per heavy atom. The second kappa shape index (κ2) is 5.19. The number of hydrogen-bond acceptors (Lipinski definition) is 4. The first-order valence-electron chi connectivity index (χ1n) is 5.48. The van der Waals surface area contributed by atoms with Crippen LogP contribution in [0.5, 0.6) is 11.5 Å². The molecule has 0 saturated heterocycles. The van der Waals surface area contributed by atoms with E-state index in [1.807, 2.05) is 6.07 Å². The number of ether oxygens (including phenoxy) is 1. The minimum Gasteiger partial charge on any atom is -0.478 e. The number of aromatic nitrogens is 1. The number of rotatable bonds is 3. The summed E-state index contributed by atoms with van der Waals surface area (Å²) in [7, 11) is 0. The molecule has 0 atom stereocenters. The van der Waals surface area contributed by atoms with Crippen LogP contribution in [0.4, 0.5) is 0 Å². The van der Waals surface area contributed by atoms with Crippen molar-refractivity contribution in [1.29, 1.82) is 5.26 Å². The van der Waals surface area contributed by atoms with Crippen molar-refractivity contribution in [2.24, 2.45) is 0 Å². The van der Waals surface area contributed by atoms with Crippen molar-refractivity contribution in [1.82, 2.24) is 4.98 Å². The Bertz CT molecular complexity index is 675. The first-order valence-corrected chi connectivity index (χ1v) is 5.48. The molecule has 19 heavy (non-hydrogen) atoms. The number of aryl methyl sites for hydroxylation is 1. The smallest absolute Gasteiger partial charge is 0.339 e. The van der Waals surface area contributed by atoms with Gasteiger partial charge in [-0.3, -0.25) is 0 Å². The van der Waals surface area contributed by atoms with E-state index in [4.69, 9.17) is 15.1 Å². The molecule has 0 aliphatic heterocycles. The first-order chi connectivity index (χ1) is 9.10. The summed E-state index contributed by atoms with van der Waals surface area (Å²) in [5.41, 5.74) is 1.12. The quantitative estimate of drug-likeness (QED) is 0.910. The lowest BCUT2D eigenvalue weighted by Gasteiger charge is -2.09. The van der Waals surface area contributed by atoms with Crippen LogP contribution in [-0.4, -0.2) is 16.1 Å². The zero-order chi connectivity index (χ0) is 13.8. The molecular formula is C14H10N2O3. The van der Waals surface area contributed by atoms with E-state index < -0.39 is 5.97 Å². The molecule has 2 rings (SSSR count). The molecule has 0 saturated carbocycles. The van der Waals surface area contributed by atoms with Crippen LogP contribution in [0.15, 0.2) is 36.5 Å². The number of nitrogens with zero attached hydrogens (tertiary/aromatic N) is 2. The van der Waals surface area contributed by atoms with Gasteiger partial charge in [0, 0.05) is 12.3 Å². The van der Waals surface area contributed by atoms with Gasteiger partial charge in [-0.15, -0.1) is 0 Å². The average Bonchev–Trinajstić information content (AvgIpc) is 2.41. The van der Waals surface area contributed by atoms with Crippen molar-refractivity contribution in [3.8, 4) is 17.6 Å². The SMILES string of the molecule is Cc1ccc(Oc2ccnc(C#N)c2)c(C(=O)O)c1. The van der Waals surface area contributed by atoms with Crippen molar-refractivity contribution in [3.05, 3.63) is 53.3 Å². The molecule has 0 amide bonds. The second-order valence-electron chi connectivity index (χ2n) is 3.90. The molecule has 0 aliphatic rings. The first kappa shape index (κ1) is 12.6. The molecule has 1 aromatic heterocycles. The lowest BCUT2D eigenvalue weighted by molar-refractivity contribution is 0.0694. The van der Waals surface area contributed by atoms with Gasteiger partial charge < -0.3 is 9.84 Å². The molecule has 5 heteroatoms. The third kappa shape index (κ3) is 2.87. The lowest BCUT2D eigenvalue weighted by Crippen LogP contribution is -2.00. The maximum atomic E-state index is 11.1. The van der Waals surface area contributed by atoms with Gasteiger partial charge in [0.1, 0.15) is 28.8 Å². The van der Waals surface area contributed by atoms with E-state index >= 15 is 0 Å². The number of hydrogen-bond donors (Lipinski definition) is 1. The van der Waals surface area contributed by atoms with Crippen LogP contribution in [0.2, 0.25) is 0 Å². The molecule has 2 aromatic rings. The number of pyridine rings is 1. The van der Waals surface area contributed by atoms with Crippen LogP contribution in [-0.2, 0) is 0 Å². The highest BCUT2D eigenvalue weighted by atomic mass is 16.5. The predicted molar refractivity (Wildman–Crippen MR) is 67.2 cm³/mol. The van der Waals surface area contributed by atoms with E-state index in [0.717, 1.165) is 5.56 Å². The van der Waals surface area contributed by atoms with Crippen LogP contribution >= 0.6 is 0 Å². The maximum absolute atomic E-state index is 11.1. The summed E-state index contributed by atoms with van der Waals surface area (Å²) in [6.07, 6.45) is 1.43. The highest BCUT2D eigenvalue weighted by molar-refractivity contribution is 5.91. The highest BCUT2D eigenvalue weighted by Crippen LogP contribution is 2.26. The summed E-state index contributed by atoms with van der Waals surface area (Å²) in [6, 6.07) is 9.78. The van der Waals surface area contributed by atoms with E-state index in [1.165, 1.54) is 18.3 Å². The topological polar surface area (TPSA) is 83.2 Å². The normalized spacial score (nSPS) is 9.68. The third-order valence-corrected chi connectivity index (χ3v) is 2.44. The number of aromatic carboxylic acids is 1. The standard InChI is InChI=1S/C14H10N2O3/c1-9-2-3-13(12(6-9)14(17)18)19-11-4-5-16-10(7-11)8-15/h2-7H,1H3,(H,17,18). The average molecular weight is 254 g/mol. The number of carboxylic acid groups (broad SMARTS) is 1. The number of carbonyl (C=O) groups is 1. The fourth-order valence-electron chi connectivity index (χ4n) is 1.56. The monoisotopic (exact) mass is 254 g/mol. The van der Waals surface area contributed by atoms with Crippen molar-refractivity contribution in [2.45, 2.75) is 6.92 Å². The summed E-state index contributed by atoms with van der Waals surface area (Å²) in [4.78, 5) is 15.0. The molecule has 5 nitrogen and oxygen atoms in total. The Morgan fingerprint density at radius 1 is 1.37 bits per heavy atom. The molecule has 1 aromatic carbocycles. The molecule has 0 unspecified atom stereocenters. The van der Waals surface area contributed by atoms with Crippen molar-refractivity contribution in [2.75, 3.05) is 0 Å². The van der Waals surface area contributed by atoms with Gasteiger partial charge in [-0.1, -0.05) is 11.6 Å². The van der Waals surface area contributed by atoms with E-state index in [2.05, 4.69) is 4.98 Å². The van der Waals surface area contributed by atoms with Gasteiger partial charge in [-0.05, 0) is 25.1 Å². The number of carboxylic acids is 1. The van der Waals surface area contributed by atoms with Gasteiger partial charge in [0.05, 0.1) is 0 Å².